The fraction of sp³-hybridized carbons (Fsp3) is 0. The molecule has 4 heteroatoms. The topological polar surface area (TPSA) is 28.5 Å². The van der Waals surface area contributed by atoms with Crippen LogP contribution in [-0.4, -0.2) is 0 Å². The largest absolute Gasteiger partial charge is 3.00 e. The molecule has 0 aliphatic carbocycles. The summed E-state index contributed by atoms with van der Waals surface area (Å²) in [6.45, 7) is 0. The first-order chi connectivity index (χ1) is 0. The van der Waals surface area contributed by atoms with Gasteiger partial charge >= 0.3 is 98.1 Å². The van der Waals surface area contributed by atoms with Crippen LogP contribution in [0.15, 0.2) is 0 Å². The van der Waals surface area contributed by atoms with E-state index in [0.29, 0.717) is 0 Å². The van der Waals surface area contributed by atoms with Crippen molar-refractivity contribution in [1.29, 1.82) is 0 Å². The van der Waals surface area contributed by atoms with Gasteiger partial charge in [-0.05, 0) is 0 Å². The van der Waals surface area contributed by atoms with Crippen LogP contribution in [0.5, 0.6) is 0 Å². The summed E-state index contributed by atoms with van der Waals surface area (Å²) in [5, 5.41) is 0. The molecular weight excluding hydrogens is 283 g/mol. The monoisotopic (exact) mass is 283 g/mol. The average molecular weight is 283 g/mol. The molecule has 0 radical (unpaired) electrons. The van der Waals surface area contributed by atoms with Crippen molar-refractivity contribution in [3.63, 3.8) is 0 Å². The summed E-state index contributed by atoms with van der Waals surface area (Å²) in [5.41, 5.74) is 0. The predicted octanol–water partition coefficient (Wildman–Crippen LogP) is -0.126. The molecule has 0 N–H and O–H groups in total. The Hall–Kier alpha value is 3.27. The van der Waals surface area contributed by atoms with Gasteiger partial charge in [0.1, 0.15) is 0 Å². The van der Waals surface area contributed by atoms with Crippen LogP contribution in [0.2, 0.25) is 0 Å². The molecule has 0 bridgehead atoms. The molecule has 0 unspecified atom stereocenters. The zero-order valence-electron chi connectivity index (χ0n) is 2.14. The van der Waals surface area contributed by atoms with E-state index in [2.05, 4.69) is 0 Å². The van der Waals surface area contributed by atoms with Gasteiger partial charge in [-0.2, -0.15) is 0 Å². The van der Waals surface area contributed by atoms with Gasteiger partial charge in [0, 0.05) is 0 Å². The number of hydrogen-bond acceptors (Lipinski definition) is 0. The summed E-state index contributed by atoms with van der Waals surface area (Å²) in [7, 11) is 0. The summed E-state index contributed by atoms with van der Waals surface area (Å²) in [6.07, 6.45) is 0. The van der Waals surface area contributed by atoms with E-state index in [4.69, 9.17) is 0 Å². The molecule has 0 aromatic carbocycles. The molecule has 0 amide bonds. The minimum atomic E-state index is 0. The normalized spacial score (nSPS) is 0. The Morgan fingerprint density at radius 2 is 0.500 bits per heavy atom. The molecule has 0 aromatic rings. The van der Waals surface area contributed by atoms with Crippen molar-refractivity contribution in [2.45, 2.75) is 0 Å². The van der Waals surface area contributed by atoms with E-state index in [1.54, 1.807) is 0 Å². The van der Waals surface area contributed by atoms with Crippen LogP contribution in [0.4, 0.5) is 0 Å². The van der Waals surface area contributed by atoms with Gasteiger partial charge in [0.15, 0.2) is 0 Å². The minimum absolute atomic E-state index is 0. The first-order valence-electron chi connectivity index (χ1n) is 0. The van der Waals surface area contributed by atoms with Gasteiger partial charge in [-0.1, -0.05) is 0 Å². The fourth-order valence-electron chi connectivity index (χ4n) is 0. The van der Waals surface area contributed by atoms with Crippen LogP contribution in [-0.2, 0) is 104 Å². The van der Waals surface area contributed by atoms with Crippen molar-refractivity contribution in [3.05, 3.63) is 0 Å². The van der Waals surface area contributed by atoms with E-state index < -0.39 is 0 Å². The Morgan fingerprint density at radius 1 is 0.500 bits per heavy atom. The molecular formula is OY3+7. The van der Waals surface area contributed by atoms with E-state index in [0.717, 1.165) is 0 Å². The Labute approximate surface area is 101 Å². The van der Waals surface area contributed by atoms with Crippen molar-refractivity contribution in [2.75, 3.05) is 0 Å². The summed E-state index contributed by atoms with van der Waals surface area (Å²) >= 11 is 0. The quantitative estimate of drug-likeness (QED) is 0.592. The maximum atomic E-state index is 0. The van der Waals surface area contributed by atoms with Crippen LogP contribution >= 0.6 is 0 Å². The Bertz CT molecular complexity index is 3.25. The summed E-state index contributed by atoms with van der Waals surface area (Å²) in [5.74, 6) is 0. The first kappa shape index (κ1) is 26.7. The number of hydrogen-bond donors (Lipinski definition) is 0. The molecule has 0 atom stereocenters. The van der Waals surface area contributed by atoms with Crippen LogP contribution in [0.25, 0.3) is 0 Å². The van der Waals surface area contributed by atoms with E-state index in [1.807, 2.05) is 0 Å². The molecule has 0 spiro atoms. The molecule has 0 fully saturated rings. The van der Waals surface area contributed by atoms with Gasteiger partial charge in [0.05, 0.1) is 0 Å². The van der Waals surface area contributed by atoms with Crippen LogP contribution < -0.4 is 0 Å². The molecule has 4 heavy (non-hydrogen) atoms. The summed E-state index contributed by atoms with van der Waals surface area (Å²) in [6, 6.07) is 0. The second kappa shape index (κ2) is 16.3. The standard InChI is InChI=1S/O.3Y/q-2;3*+3. The van der Waals surface area contributed by atoms with Gasteiger partial charge in [0.2, 0.25) is 0 Å². The van der Waals surface area contributed by atoms with E-state index in [1.165, 1.54) is 0 Å². The van der Waals surface area contributed by atoms with E-state index in [9.17, 15) is 0 Å². The molecule has 0 aliphatic rings. The van der Waals surface area contributed by atoms with Crippen LogP contribution in [0.3, 0.4) is 0 Å². The van der Waals surface area contributed by atoms with Gasteiger partial charge in [-0.3, -0.25) is 0 Å². The second-order valence-electron chi connectivity index (χ2n) is 0. The third-order valence-electron chi connectivity index (χ3n) is 0. The zero-order chi connectivity index (χ0) is 0. The third-order valence-corrected chi connectivity index (χ3v) is 0. The molecule has 0 saturated carbocycles. The van der Waals surface area contributed by atoms with Crippen molar-refractivity contribution in [3.8, 4) is 0 Å². The van der Waals surface area contributed by atoms with Crippen molar-refractivity contribution >= 4 is 0 Å². The van der Waals surface area contributed by atoms with Gasteiger partial charge in [0.25, 0.3) is 0 Å². The molecule has 8 valence electrons. The third kappa shape index (κ3) is 8.99. The Balaban J connectivity index is 0. The summed E-state index contributed by atoms with van der Waals surface area (Å²) in [4.78, 5) is 0. The molecule has 1 nitrogen and oxygen atoms in total. The molecule has 0 saturated heterocycles. The smallest absolute Gasteiger partial charge is 2.00 e. The Kier molecular flexibility index (Phi) is 109. The van der Waals surface area contributed by atoms with Crippen molar-refractivity contribution < 1.29 is 104 Å². The van der Waals surface area contributed by atoms with E-state index in [-0.39, 0.29) is 104 Å². The predicted molar refractivity (Wildman–Crippen MR) is 0.686 cm³/mol. The van der Waals surface area contributed by atoms with Gasteiger partial charge < -0.3 is 5.48 Å². The maximum absolute atomic E-state index is 0. The average Bonchev–Trinajstić information content (AvgIpc) is 0. The molecule has 0 heterocycles. The first-order valence-corrected chi connectivity index (χ1v) is 0. The maximum Gasteiger partial charge on any atom is 3.00 e. The second-order valence-corrected chi connectivity index (χ2v) is 0. The minimum Gasteiger partial charge on any atom is -2.00 e. The Morgan fingerprint density at radius 3 is 0.500 bits per heavy atom. The van der Waals surface area contributed by atoms with E-state index >= 15 is 0 Å². The fourth-order valence-corrected chi connectivity index (χ4v) is 0. The number of rotatable bonds is 0. The molecule has 0 aliphatic heterocycles. The molecule has 0 rings (SSSR count). The van der Waals surface area contributed by atoms with Crippen molar-refractivity contribution in [2.24, 2.45) is 0 Å². The SMILES string of the molecule is [O-2].[Y+3].[Y+3].[Y+3]. The van der Waals surface area contributed by atoms with Gasteiger partial charge in [-0.15, -0.1) is 0 Å². The van der Waals surface area contributed by atoms with Gasteiger partial charge in [-0.25, -0.2) is 0 Å². The molecule has 0 aromatic heterocycles. The summed E-state index contributed by atoms with van der Waals surface area (Å²) < 4.78 is 0. The van der Waals surface area contributed by atoms with Crippen molar-refractivity contribution in [1.82, 2.24) is 0 Å². The van der Waals surface area contributed by atoms with Crippen LogP contribution in [0, 0.1) is 0 Å². The zero-order valence-corrected chi connectivity index (χ0v) is 10.7. The van der Waals surface area contributed by atoms with Crippen LogP contribution in [0.1, 0.15) is 0 Å².